The first-order valence-corrected chi connectivity index (χ1v) is 8.18. The summed E-state index contributed by atoms with van der Waals surface area (Å²) in [5.41, 5.74) is 6.36. The second-order valence-corrected chi connectivity index (χ2v) is 6.12. The number of hydrogen-bond donors (Lipinski definition) is 1. The summed E-state index contributed by atoms with van der Waals surface area (Å²) in [5.74, 6) is 2.34. The molecule has 114 valence electrons. The third kappa shape index (κ3) is 2.83. The topological polar surface area (TPSA) is 68.0 Å². The number of nitrogens with one attached hydrogen (secondary N) is 1. The molecule has 1 aromatic carbocycles. The number of aromatic nitrogens is 4. The van der Waals surface area contributed by atoms with Gasteiger partial charge in [0.1, 0.15) is 5.84 Å². The molecule has 3 aromatic rings. The smallest absolute Gasteiger partial charge is 0.211 e. The van der Waals surface area contributed by atoms with E-state index in [1.54, 1.807) is 24.2 Å². The molecular formula is C16H14N6S. The van der Waals surface area contributed by atoms with E-state index in [0.717, 1.165) is 33.8 Å². The second kappa shape index (κ2) is 5.85. The molecule has 6 nitrogen and oxygen atoms in total. The fourth-order valence-electron chi connectivity index (χ4n) is 2.27. The Hall–Kier alpha value is -2.67. The van der Waals surface area contributed by atoms with Crippen molar-refractivity contribution in [2.45, 2.75) is 12.1 Å². The van der Waals surface area contributed by atoms with E-state index in [2.05, 4.69) is 44.7 Å². The minimum atomic E-state index is 0.733. The van der Waals surface area contributed by atoms with Gasteiger partial charge in [0, 0.05) is 18.0 Å². The van der Waals surface area contributed by atoms with Gasteiger partial charge in [0.15, 0.2) is 5.82 Å². The van der Waals surface area contributed by atoms with Crippen molar-refractivity contribution < 1.29 is 0 Å². The predicted molar refractivity (Wildman–Crippen MR) is 91.6 cm³/mol. The summed E-state index contributed by atoms with van der Waals surface area (Å²) in [4.78, 5) is 8.80. The van der Waals surface area contributed by atoms with E-state index >= 15 is 0 Å². The first kappa shape index (κ1) is 14.0. The summed E-state index contributed by atoms with van der Waals surface area (Å²) >= 11 is 1.61. The molecule has 0 atom stereocenters. The Morgan fingerprint density at radius 2 is 2.04 bits per heavy atom. The highest BCUT2D eigenvalue weighted by Gasteiger charge is 2.21. The van der Waals surface area contributed by atoms with Crippen LogP contribution in [0.4, 0.5) is 5.69 Å². The third-order valence-corrected chi connectivity index (χ3v) is 4.37. The van der Waals surface area contributed by atoms with Gasteiger partial charge in [0.25, 0.3) is 0 Å². The summed E-state index contributed by atoms with van der Waals surface area (Å²) in [6.45, 7) is 2.06. The van der Waals surface area contributed by atoms with Crippen LogP contribution in [0.5, 0.6) is 0 Å². The van der Waals surface area contributed by atoms with Gasteiger partial charge in [0.2, 0.25) is 5.16 Å². The highest BCUT2D eigenvalue weighted by atomic mass is 32.2. The Balaban J connectivity index is 1.66. The normalized spacial score (nSPS) is 15.3. The van der Waals surface area contributed by atoms with Gasteiger partial charge in [-0.3, -0.25) is 10.4 Å². The van der Waals surface area contributed by atoms with Crippen LogP contribution in [0.3, 0.4) is 0 Å². The van der Waals surface area contributed by atoms with E-state index in [9.17, 15) is 0 Å². The molecule has 0 bridgehead atoms. The number of aliphatic imine (C=N–C) groups is 1. The summed E-state index contributed by atoms with van der Waals surface area (Å²) in [6.07, 6.45) is 3.51. The quantitative estimate of drug-likeness (QED) is 0.785. The van der Waals surface area contributed by atoms with Crippen molar-refractivity contribution in [1.82, 2.24) is 19.9 Å². The molecule has 4 rings (SSSR count). The van der Waals surface area contributed by atoms with E-state index in [-0.39, 0.29) is 0 Å². The Labute approximate surface area is 137 Å². The maximum Gasteiger partial charge on any atom is 0.211 e. The van der Waals surface area contributed by atoms with Crippen molar-refractivity contribution in [3.63, 3.8) is 0 Å². The second-order valence-electron chi connectivity index (χ2n) is 5.18. The molecule has 1 N–H and O–H groups in total. The van der Waals surface area contributed by atoms with Gasteiger partial charge in [-0.15, -0.1) is 10.2 Å². The monoisotopic (exact) mass is 322 g/mol. The molecule has 3 heterocycles. The number of hydrogen-bond acceptors (Lipinski definition) is 5. The number of fused-ring (bicyclic) bond motifs is 1. The fraction of sp³-hybridized carbons (Fsp3) is 0.125. The molecule has 0 fully saturated rings. The van der Waals surface area contributed by atoms with Crippen LogP contribution in [0.25, 0.3) is 11.4 Å². The third-order valence-electron chi connectivity index (χ3n) is 3.43. The number of rotatable bonds is 2. The highest BCUT2D eigenvalue weighted by molar-refractivity contribution is 7.99. The van der Waals surface area contributed by atoms with E-state index in [0.29, 0.717) is 0 Å². The number of aryl methyl sites for hydroxylation is 1. The standard InChI is InChI=1S/C16H14N6S/c1-11-4-6-13(7-5-11)18-14-10-23-16-20-19-15(22(16)21-14)12-3-2-8-17-9-12/h2-9H,10H2,1H3,(H,18,21). The fourth-order valence-corrected chi connectivity index (χ4v) is 3.03. The van der Waals surface area contributed by atoms with Crippen LogP contribution >= 0.6 is 11.8 Å². The van der Waals surface area contributed by atoms with Crippen LogP contribution in [-0.4, -0.2) is 31.4 Å². The zero-order chi connectivity index (χ0) is 15.6. The van der Waals surface area contributed by atoms with Gasteiger partial charge in [-0.2, -0.15) is 0 Å². The SMILES string of the molecule is Cc1ccc(N=C2CSc3nnc(-c4cccnc4)n3N2)cc1. The molecule has 0 radical (unpaired) electrons. The van der Waals surface area contributed by atoms with Crippen molar-refractivity contribution in [3.8, 4) is 11.4 Å². The van der Waals surface area contributed by atoms with Gasteiger partial charge < -0.3 is 0 Å². The lowest BCUT2D eigenvalue weighted by molar-refractivity contribution is 0.826. The average Bonchev–Trinajstić information content (AvgIpc) is 3.01. The van der Waals surface area contributed by atoms with E-state index in [1.807, 2.05) is 28.9 Å². The van der Waals surface area contributed by atoms with Crippen molar-refractivity contribution >= 4 is 23.3 Å². The molecule has 7 heteroatoms. The number of nitrogens with zero attached hydrogens (tertiary/aromatic N) is 5. The largest absolute Gasteiger partial charge is 0.276 e. The lowest BCUT2D eigenvalue weighted by Crippen LogP contribution is -2.30. The summed E-state index contributed by atoms with van der Waals surface area (Å²) in [6, 6.07) is 12.0. The molecule has 0 saturated carbocycles. The van der Waals surface area contributed by atoms with Gasteiger partial charge in [0.05, 0.1) is 11.4 Å². The number of pyridine rings is 1. The van der Waals surface area contributed by atoms with Crippen molar-refractivity contribution in [2.75, 3.05) is 11.2 Å². The summed E-state index contributed by atoms with van der Waals surface area (Å²) in [7, 11) is 0. The number of amidine groups is 1. The molecule has 2 aromatic heterocycles. The zero-order valence-electron chi connectivity index (χ0n) is 12.5. The average molecular weight is 322 g/mol. The highest BCUT2D eigenvalue weighted by Crippen LogP contribution is 2.26. The zero-order valence-corrected chi connectivity index (χ0v) is 13.3. The summed E-state index contributed by atoms with van der Waals surface area (Å²) < 4.78 is 1.86. The van der Waals surface area contributed by atoms with Gasteiger partial charge in [-0.25, -0.2) is 9.67 Å². The minimum Gasteiger partial charge on any atom is -0.276 e. The first-order valence-electron chi connectivity index (χ1n) is 7.19. The molecule has 0 amide bonds. The van der Waals surface area contributed by atoms with Crippen LogP contribution < -0.4 is 5.43 Å². The van der Waals surface area contributed by atoms with Crippen LogP contribution in [0.2, 0.25) is 0 Å². The lowest BCUT2D eigenvalue weighted by atomic mass is 10.2. The molecule has 0 saturated heterocycles. The Bertz CT molecular complexity index is 854. The van der Waals surface area contributed by atoms with E-state index in [1.165, 1.54) is 5.56 Å². The number of benzene rings is 1. The molecule has 1 aliphatic heterocycles. The predicted octanol–water partition coefficient (Wildman–Crippen LogP) is 3.03. The summed E-state index contributed by atoms with van der Waals surface area (Å²) in [5, 5.41) is 9.30. The maximum absolute atomic E-state index is 4.67. The van der Waals surface area contributed by atoms with E-state index in [4.69, 9.17) is 0 Å². The molecule has 0 aliphatic carbocycles. The minimum absolute atomic E-state index is 0.733. The van der Waals surface area contributed by atoms with Crippen LogP contribution in [-0.2, 0) is 0 Å². The lowest BCUT2D eigenvalue weighted by Gasteiger charge is -2.18. The maximum atomic E-state index is 4.67. The molecule has 1 aliphatic rings. The molecule has 0 spiro atoms. The van der Waals surface area contributed by atoms with E-state index < -0.39 is 0 Å². The van der Waals surface area contributed by atoms with Crippen molar-refractivity contribution in [1.29, 1.82) is 0 Å². The van der Waals surface area contributed by atoms with Crippen molar-refractivity contribution in [2.24, 2.45) is 4.99 Å². The van der Waals surface area contributed by atoms with Gasteiger partial charge in [-0.05, 0) is 31.2 Å². The van der Waals surface area contributed by atoms with Crippen molar-refractivity contribution in [3.05, 3.63) is 54.4 Å². The first-order chi connectivity index (χ1) is 11.3. The van der Waals surface area contributed by atoms with Crippen LogP contribution in [0.1, 0.15) is 5.56 Å². The van der Waals surface area contributed by atoms with Gasteiger partial charge >= 0.3 is 0 Å². The van der Waals surface area contributed by atoms with Crippen LogP contribution in [0, 0.1) is 6.92 Å². The van der Waals surface area contributed by atoms with Crippen LogP contribution in [0.15, 0.2) is 58.9 Å². The Morgan fingerprint density at radius 1 is 1.17 bits per heavy atom. The Kier molecular flexibility index (Phi) is 3.55. The molecule has 23 heavy (non-hydrogen) atoms. The molecular weight excluding hydrogens is 308 g/mol. The molecule has 0 unspecified atom stereocenters. The number of thioether (sulfide) groups is 1. The Morgan fingerprint density at radius 3 is 2.83 bits per heavy atom. The van der Waals surface area contributed by atoms with Gasteiger partial charge in [-0.1, -0.05) is 29.5 Å².